The van der Waals surface area contributed by atoms with Crippen LogP contribution in [0.3, 0.4) is 0 Å². The molecule has 1 fully saturated rings. The molecule has 9 nitrogen and oxygen atoms in total. The minimum atomic E-state index is -0.350. The summed E-state index contributed by atoms with van der Waals surface area (Å²) in [6.07, 6.45) is 1.73. The molecule has 2 aromatic rings. The molecule has 0 spiro atoms. The van der Waals surface area contributed by atoms with Crippen LogP contribution in [-0.4, -0.2) is 58.8 Å². The standard InChI is InChI=1S/C19H22N2O5.CH2O2/c1-12-16(11-22)17(20-26-12)18(23)21-8-7-14(10-21)9-13-3-5-15(6-4-13)19(24)25-2;2-1-3/h3-6,14,22H,7-11H2,1-2H3;1H,(H,2,3). The number of benzene rings is 1. The van der Waals surface area contributed by atoms with Crippen molar-refractivity contribution in [3.05, 3.63) is 52.4 Å². The van der Waals surface area contributed by atoms with Crippen molar-refractivity contribution in [1.29, 1.82) is 0 Å². The van der Waals surface area contributed by atoms with Gasteiger partial charge >= 0.3 is 5.97 Å². The highest BCUT2D eigenvalue weighted by Crippen LogP contribution is 2.24. The van der Waals surface area contributed by atoms with E-state index in [-0.39, 0.29) is 30.6 Å². The van der Waals surface area contributed by atoms with Crippen molar-refractivity contribution in [2.45, 2.75) is 26.4 Å². The Hall–Kier alpha value is -3.20. The molecule has 156 valence electrons. The minimum Gasteiger partial charge on any atom is -0.483 e. The van der Waals surface area contributed by atoms with Crippen LogP contribution in [0.2, 0.25) is 0 Å². The first kappa shape index (κ1) is 22.1. The smallest absolute Gasteiger partial charge is 0.337 e. The molecule has 2 heterocycles. The Morgan fingerprint density at radius 2 is 2.00 bits per heavy atom. The van der Waals surface area contributed by atoms with E-state index in [1.165, 1.54) is 7.11 Å². The number of nitrogens with zero attached hydrogens (tertiary/aromatic N) is 2. The highest BCUT2D eigenvalue weighted by Gasteiger charge is 2.30. The maximum atomic E-state index is 12.6. The van der Waals surface area contributed by atoms with Gasteiger partial charge < -0.3 is 24.4 Å². The van der Waals surface area contributed by atoms with Crippen molar-refractivity contribution in [2.24, 2.45) is 5.92 Å². The first-order valence-electron chi connectivity index (χ1n) is 9.05. The zero-order valence-corrected chi connectivity index (χ0v) is 16.3. The van der Waals surface area contributed by atoms with Gasteiger partial charge in [0.2, 0.25) is 0 Å². The Balaban J connectivity index is 0.000000941. The first-order valence-corrected chi connectivity index (χ1v) is 9.05. The van der Waals surface area contributed by atoms with Gasteiger partial charge in [-0.15, -0.1) is 0 Å². The second-order valence-corrected chi connectivity index (χ2v) is 6.63. The van der Waals surface area contributed by atoms with E-state index in [1.807, 2.05) is 12.1 Å². The molecule has 3 rings (SSSR count). The van der Waals surface area contributed by atoms with Crippen LogP contribution in [0.25, 0.3) is 0 Å². The predicted octanol–water partition coefficient (Wildman–Crippen LogP) is 1.67. The summed E-state index contributed by atoms with van der Waals surface area (Å²) in [4.78, 5) is 34.2. The Labute approximate surface area is 167 Å². The average Bonchev–Trinajstić information content (AvgIpc) is 3.34. The lowest BCUT2D eigenvalue weighted by Crippen LogP contribution is -2.30. The first-order chi connectivity index (χ1) is 13.9. The maximum absolute atomic E-state index is 12.6. The highest BCUT2D eigenvalue weighted by atomic mass is 16.5. The molecule has 0 saturated carbocycles. The second kappa shape index (κ2) is 10.4. The van der Waals surface area contributed by atoms with E-state index in [4.69, 9.17) is 19.2 Å². The number of aryl methyl sites for hydroxylation is 1. The van der Waals surface area contributed by atoms with E-state index < -0.39 is 0 Å². The van der Waals surface area contributed by atoms with E-state index in [0.29, 0.717) is 35.9 Å². The fourth-order valence-electron chi connectivity index (χ4n) is 3.31. The molecule has 1 aliphatic rings. The van der Waals surface area contributed by atoms with Crippen molar-refractivity contribution in [3.63, 3.8) is 0 Å². The fourth-order valence-corrected chi connectivity index (χ4v) is 3.31. The molecule has 0 aliphatic carbocycles. The van der Waals surface area contributed by atoms with Gasteiger partial charge in [-0.1, -0.05) is 17.3 Å². The number of aliphatic hydroxyl groups excluding tert-OH is 1. The number of likely N-dealkylation sites (tertiary alicyclic amines) is 1. The molecular formula is C20H24N2O7. The van der Waals surface area contributed by atoms with Gasteiger partial charge in [0.15, 0.2) is 5.69 Å². The van der Waals surface area contributed by atoms with Crippen molar-refractivity contribution in [3.8, 4) is 0 Å². The summed E-state index contributed by atoms with van der Waals surface area (Å²) in [6.45, 7) is 2.45. The van der Waals surface area contributed by atoms with Gasteiger partial charge in [0.25, 0.3) is 12.4 Å². The van der Waals surface area contributed by atoms with Crippen LogP contribution in [0.5, 0.6) is 0 Å². The maximum Gasteiger partial charge on any atom is 0.337 e. The van der Waals surface area contributed by atoms with Gasteiger partial charge in [-0.25, -0.2) is 4.79 Å². The van der Waals surface area contributed by atoms with E-state index in [9.17, 15) is 14.7 Å². The number of carboxylic acid groups (broad SMARTS) is 1. The summed E-state index contributed by atoms with van der Waals surface area (Å²) in [5.74, 6) is 0.261. The third-order valence-corrected chi connectivity index (χ3v) is 4.82. The summed E-state index contributed by atoms with van der Waals surface area (Å²) >= 11 is 0. The number of carbonyl (C=O) groups excluding carboxylic acids is 2. The second-order valence-electron chi connectivity index (χ2n) is 6.63. The average molecular weight is 404 g/mol. The lowest BCUT2D eigenvalue weighted by molar-refractivity contribution is -0.122. The number of amides is 1. The SMILES string of the molecule is COC(=O)c1ccc(CC2CCN(C(=O)c3noc(C)c3CO)C2)cc1.O=CO. The van der Waals surface area contributed by atoms with E-state index >= 15 is 0 Å². The van der Waals surface area contributed by atoms with Crippen LogP contribution in [-0.2, 0) is 22.6 Å². The van der Waals surface area contributed by atoms with E-state index in [1.54, 1.807) is 24.0 Å². The zero-order valence-electron chi connectivity index (χ0n) is 16.3. The third kappa shape index (κ3) is 5.41. The number of aliphatic hydroxyl groups is 1. The number of ether oxygens (including phenoxy) is 1. The topological polar surface area (TPSA) is 130 Å². The number of hydrogen-bond acceptors (Lipinski definition) is 7. The van der Waals surface area contributed by atoms with Crippen LogP contribution in [0, 0.1) is 12.8 Å². The van der Waals surface area contributed by atoms with Gasteiger partial charge in [-0.05, 0) is 43.4 Å². The number of aromatic nitrogens is 1. The highest BCUT2D eigenvalue weighted by molar-refractivity contribution is 5.94. The Morgan fingerprint density at radius 3 is 2.59 bits per heavy atom. The summed E-state index contributed by atoms with van der Waals surface area (Å²) < 4.78 is 9.73. The predicted molar refractivity (Wildman–Crippen MR) is 101 cm³/mol. The summed E-state index contributed by atoms with van der Waals surface area (Å²) in [7, 11) is 1.36. The number of carbonyl (C=O) groups is 3. The van der Waals surface area contributed by atoms with Crippen molar-refractivity contribution >= 4 is 18.3 Å². The molecule has 1 unspecified atom stereocenters. The molecule has 0 bridgehead atoms. The normalized spacial score (nSPS) is 15.4. The van der Waals surface area contributed by atoms with Crippen LogP contribution >= 0.6 is 0 Å². The monoisotopic (exact) mass is 404 g/mol. The molecule has 1 saturated heterocycles. The molecule has 1 aliphatic heterocycles. The van der Waals surface area contributed by atoms with Crippen LogP contribution in [0.4, 0.5) is 0 Å². The number of rotatable bonds is 5. The van der Waals surface area contributed by atoms with Gasteiger partial charge in [0.05, 0.1) is 24.8 Å². The Bertz CT molecular complexity index is 845. The van der Waals surface area contributed by atoms with Crippen LogP contribution in [0.1, 0.15) is 44.2 Å². The molecule has 2 N–H and O–H groups in total. The third-order valence-electron chi connectivity index (χ3n) is 4.82. The lowest BCUT2D eigenvalue weighted by Gasteiger charge is -2.15. The zero-order chi connectivity index (χ0) is 21.4. The van der Waals surface area contributed by atoms with Gasteiger partial charge in [0, 0.05) is 13.1 Å². The molecular weight excluding hydrogens is 380 g/mol. The summed E-state index contributed by atoms with van der Waals surface area (Å²) in [5.41, 5.74) is 2.30. The van der Waals surface area contributed by atoms with Crippen molar-refractivity contribution in [2.75, 3.05) is 20.2 Å². The molecule has 0 radical (unpaired) electrons. The van der Waals surface area contributed by atoms with Crippen molar-refractivity contribution in [1.82, 2.24) is 10.1 Å². The van der Waals surface area contributed by atoms with Crippen LogP contribution in [0.15, 0.2) is 28.8 Å². The number of hydrogen-bond donors (Lipinski definition) is 2. The number of esters is 1. The minimum absolute atomic E-state index is 0.200. The molecule has 1 aromatic heterocycles. The van der Waals surface area contributed by atoms with E-state index in [0.717, 1.165) is 18.4 Å². The summed E-state index contributed by atoms with van der Waals surface area (Å²) in [5, 5.41) is 20.1. The largest absolute Gasteiger partial charge is 0.483 e. The lowest BCUT2D eigenvalue weighted by atomic mass is 9.98. The Kier molecular flexibility index (Phi) is 7.90. The summed E-state index contributed by atoms with van der Waals surface area (Å²) in [6, 6.07) is 7.35. The van der Waals surface area contributed by atoms with Crippen LogP contribution < -0.4 is 0 Å². The Morgan fingerprint density at radius 1 is 1.34 bits per heavy atom. The fraction of sp³-hybridized carbons (Fsp3) is 0.400. The van der Waals surface area contributed by atoms with Gasteiger partial charge in [-0.3, -0.25) is 9.59 Å². The van der Waals surface area contributed by atoms with E-state index in [2.05, 4.69) is 5.16 Å². The molecule has 9 heteroatoms. The molecule has 29 heavy (non-hydrogen) atoms. The quantitative estimate of drug-likeness (QED) is 0.568. The molecule has 1 atom stereocenters. The molecule has 1 aromatic carbocycles. The van der Waals surface area contributed by atoms with Crippen molar-refractivity contribution < 1.29 is 33.9 Å². The van der Waals surface area contributed by atoms with Gasteiger partial charge in [0.1, 0.15) is 5.76 Å². The van der Waals surface area contributed by atoms with Gasteiger partial charge in [-0.2, -0.15) is 0 Å². The molecule has 1 amide bonds. The number of methoxy groups -OCH3 is 1.